The molecule has 0 unspecified atom stereocenters. The average Bonchev–Trinajstić information content (AvgIpc) is 2.46. The van der Waals surface area contributed by atoms with Crippen LogP contribution in [0.25, 0.3) is 0 Å². The molecule has 0 heterocycles. The third-order valence-corrected chi connectivity index (χ3v) is 3.16. The van der Waals surface area contributed by atoms with E-state index in [9.17, 15) is 0 Å². The van der Waals surface area contributed by atoms with Gasteiger partial charge in [-0.3, -0.25) is 0 Å². The van der Waals surface area contributed by atoms with E-state index in [0.29, 0.717) is 30.9 Å². The Balaban J connectivity index is 2.38. The highest BCUT2D eigenvalue weighted by Gasteiger charge is 2.08. The fourth-order valence-electron chi connectivity index (χ4n) is 1.78. The summed E-state index contributed by atoms with van der Waals surface area (Å²) in [6.07, 6.45) is 0.895. The molecule has 1 aromatic carbocycles. The molecule has 21 heavy (non-hydrogen) atoms. The molecule has 0 amide bonds. The molecule has 0 fully saturated rings. The molecule has 1 aromatic rings. The lowest BCUT2D eigenvalue weighted by Gasteiger charge is -2.15. The van der Waals surface area contributed by atoms with E-state index in [1.165, 1.54) is 0 Å². The van der Waals surface area contributed by atoms with Crippen molar-refractivity contribution >= 4 is 11.6 Å². The zero-order chi connectivity index (χ0) is 15.5. The van der Waals surface area contributed by atoms with Gasteiger partial charge < -0.3 is 19.5 Å². The highest BCUT2D eigenvalue weighted by Crippen LogP contribution is 2.28. The van der Waals surface area contributed by atoms with Crippen LogP contribution in [0.2, 0.25) is 5.02 Å². The highest BCUT2D eigenvalue weighted by atomic mass is 35.5. The van der Waals surface area contributed by atoms with E-state index in [-0.39, 0.29) is 0 Å². The monoisotopic (exact) mass is 315 g/mol. The molecule has 0 aromatic heterocycles. The summed E-state index contributed by atoms with van der Waals surface area (Å²) in [4.78, 5) is 0. The third kappa shape index (κ3) is 7.67. The molecule has 4 nitrogen and oxygen atoms in total. The zero-order valence-corrected chi connectivity index (χ0v) is 13.9. The Morgan fingerprint density at radius 2 is 1.95 bits per heavy atom. The van der Waals surface area contributed by atoms with Crippen molar-refractivity contribution in [1.29, 1.82) is 0 Å². The topological polar surface area (TPSA) is 39.7 Å². The molecule has 0 saturated carbocycles. The number of methoxy groups -OCH3 is 1. The largest absolute Gasteiger partial charge is 0.489 e. The summed E-state index contributed by atoms with van der Waals surface area (Å²) in [5.74, 6) is 0.743. The Bertz CT molecular complexity index is 399. The summed E-state index contributed by atoms with van der Waals surface area (Å²) in [6, 6.07) is 6.22. The molecule has 0 saturated heterocycles. The van der Waals surface area contributed by atoms with E-state index in [2.05, 4.69) is 19.2 Å². The molecule has 0 radical (unpaired) electrons. The maximum Gasteiger partial charge on any atom is 0.142 e. The van der Waals surface area contributed by atoms with E-state index in [1.54, 1.807) is 7.11 Å². The number of halogens is 1. The Morgan fingerprint density at radius 3 is 2.67 bits per heavy atom. The molecular weight excluding hydrogens is 290 g/mol. The molecule has 0 aliphatic heterocycles. The fourth-order valence-corrected chi connectivity index (χ4v) is 2.03. The predicted molar refractivity (Wildman–Crippen MR) is 86.2 cm³/mol. The Kier molecular flexibility index (Phi) is 9.42. The van der Waals surface area contributed by atoms with Gasteiger partial charge in [-0.1, -0.05) is 37.6 Å². The van der Waals surface area contributed by atoms with E-state index in [0.717, 1.165) is 30.9 Å². The van der Waals surface area contributed by atoms with Crippen molar-refractivity contribution in [3.63, 3.8) is 0 Å². The van der Waals surface area contributed by atoms with Crippen molar-refractivity contribution in [3.05, 3.63) is 28.8 Å². The fraction of sp³-hybridized carbons (Fsp3) is 0.625. The van der Waals surface area contributed by atoms with Crippen molar-refractivity contribution in [3.8, 4) is 5.75 Å². The van der Waals surface area contributed by atoms with Gasteiger partial charge in [-0.2, -0.15) is 0 Å². The summed E-state index contributed by atoms with van der Waals surface area (Å²) in [6.45, 7) is 7.40. The van der Waals surface area contributed by atoms with Gasteiger partial charge in [0.25, 0.3) is 0 Å². The predicted octanol–water partition coefficient (Wildman–Crippen LogP) is 3.27. The van der Waals surface area contributed by atoms with Crippen LogP contribution in [0.4, 0.5) is 0 Å². The second-order valence-electron chi connectivity index (χ2n) is 5.07. The molecule has 0 aliphatic carbocycles. The van der Waals surface area contributed by atoms with Gasteiger partial charge in [-0.15, -0.1) is 0 Å². The number of hydrogen-bond acceptors (Lipinski definition) is 4. The first-order valence-electron chi connectivity index (χ1n) is 7.35. The maximum atomic E-state index is 6.22. The number of para-hydroxylation sites is 1. The first kappa shape index (κ1) is 18.2. The van der Waals surface area contributed by atoms with Crippen LogP contribution >= 0.6 is 11.6 Å². The number of rotatable bonds is 11. The van der Waals surface area contributed by atoms with E-state index >= 15 is 0 Å². The molecule has 0 spiro atoms. The minimum absolute atomic E-state index is 0.418. The van der Waals surface area contributed by atoms with E-state index < -0.39 is 0 Å². The minimum Gasteiger partial charge on any atom is -0.489 e. The van der Waals surface area contributed by atoms with Crippen LogP contribution in [0.3, 0.4) is 0 Å². The normalized spacial score (nSPS) is 11.1. The average molecular weight is 316 g/mol. The van der Waals surface area contributed by atoms with Crippen LogP contribution in [0.5, 0.6) is 5.75 Å². The van der Waals surface area contributed by atoms with Crippen molar-refractivity contribution in [2.24, 2.45) is 0 Å². The van der Waals surface area contributed by atoms with Crippen molar-refractivity contribution in [2.45, 2.75) is 32.9 Å². The number of benzene rings is 1. The van der Waals surface area contributed by atoms with Gasteiger partial charge in [0.2, 0.25) is 0 Å². The van der Waals surface area contributed by atoms with E-state index in [1.807, 2.05) is 18.2 Å². The van der Waals surface area contributed by atoms with Gasteiger partial charge >= 0.3 is 0 Å². The van der Waals surface area contributed by atoms with Crippen molar-refractivity contribution in [1.82, 2.24) is 5.32 Å². The van der Waals surface area contributed by atoms with Gasteiger partial charge in [-0.25, -0.2) is 0 Å². The highest BCUT2D eigenvalue weighted by molar-refractivity contribution is 6.32. The Hall–Kier alpha value is -0.810. The Morgan fingerprint density at radius 1 is 1.14 bits per heavy atom. The van der Waals surface area contributed by atoms with Gasteiger partial charge in [0, 0.05) is 38.5 Å². The summed E-state index contributed by atoms with van der Waals surface area (Å²) in [7, 11) is 1.69. The number of hydrogen-bond donors (Lipinski definition) is 1. The lowest BCUT2D eigenvalue weighted by atomic mass is 10.2. The third-order valence-electron chi connectivity index (χ3n) is 2.86. The van der Waals surface area contributed by atoms with Crippen LogP contribution in [-0.4, -0.2) is 39.6 Å². The molecule has 0 atom stereocenters. The smallest absolute Gasteiger partial charge is 0.142 e. The minimum atomic E-state index is 0.418. The maximum absolute atomic E-state index is 6.22. The van der Waals surface area contributed by atoms with Crippen molar-refractivity contribution in [2.75, 3.05) is 33.5 Å². The first-order chi connectivity index (χ1) is 10.1. The van der Waals surface area contributed by atoms with Crippen LogP contribution in [0.1, 0.15) is 25.8 Å². The quantitative estimate of drug-likeness (QED) is 0.636. The van der Waals surface area contributed by atoms with Crippen LogP contribution in [0.15, 0.2) is 18.2 Å². The Labute approximate surface area is 132 Å². The molecule has 0 bridgehead atoms. The second kappa shape index (κ2) is 10.9. The second-order valence-corrected chi connectivity index (χ2v) is 5.48. The zero-order valence-electron chi connectivity index (χ0n) is 13.2. The molecular formula is C16H26ClNO3. The standard InChI is InChI=1S/C16H26ClNO3/c1-13(2)18-12-14-6-4-7-15(17)16(14)21-11-10-20-9-5-8-19-3/h4,6-7,13,18H,5,8-12H2,1-3H3. The lowest BCUT2D eigenvalue weighted by Crippen LogP contribution is -2.22. The summed E-state index contributed by atoms with van der Waals surface area (Å²) >= 11 is 6.22. The van der Waals surface area contributed by atoms with Gasteiger partial charge in [-0.05, 0) is 12.5 Å². The molecule has 1 rings (SSSR count). The molecule has 1 N–H and O–H groups in total. The molecule has 120 valence electrons. The van der Waals surface area contributed by atoms with Crippen LogP contribution in [0, 0.1) is 0 Å². The number of nitrogens with one attached hydrogen (secondary N) is 1. The SMILES string of the molecule is COCCCOCCOc1c(Cl)cccc1CNC(C)C. The lowest BCUT2D eigenvalue weighted by molar-refractivity contribution is 0.0804. The molecule has 5 heteroatoms. The summed E-state index contributed by atoms with van der Waals surface area (Å²) < 4.78 is 16.2. The summed E-state index contributed by atoms with van der Waals surface area (Å²) in [5, 5.41) is 4.01. The van der Waals surface area contributed by atoms with Gasteiger partial charge in [0.05, 0.1) is 11.6 Å². The first-order valence-corrected chi connectivity index (χ1v) is 7.73. The van der Waals surface area contributed by atoms with Gasteiger partial charge in [0.15, 0.2) is 0 Å². The van der Waals surface area contributed by atoms with E-state index in [4.69, 9.17) is 25.8 Å². The van der Waals surface area contributed by atoms with Gasteiger partial charge in [0.1, 0.15) is 12.4 Å². The van der Waals surface area contributed by atoms with Crippen LogP contribution < -0.4 is 10.1 Å². The summed E-state index contributed by atoms with van der Waals surface area (Å²) in [5.41, 5.74) is 1.07. The molecule has 0 aliphatic rings. The van der Waals surface area contributed by atoms with Crippen LogP contribution in [-0.2, 0) is 16.0 Å². The van der Waals surface area contributed by atoms with Crippen molar-refractivity contribution < 1.29 is 14.2 Å². The number of ether oxygens (including phenoxy) is 3.